The molecule has 2 rings (SSSR count). The van der Waals surface area contributed by atoms with E-state index in [-0.39, 0.29) is 17.8 Å². The van der Waals surface area contributed by atoms with Crippen molar-refractivity contribution < 1.29 is 22.7 Å². The van der Waals surface area contributed by atoms with Crippen molar-refractivity contribution in [3.63, 3.8) is 0 Å². The maximum Gasteiger partial charge on any atom is 0.422 e. The van der Waals surface area contributed by atoms with Crippen LogP contribution in [0.3, 0.4) is 0 Å². The van der Waals surface area contributed by atoms with Crippen LogP contribution in [0.1, 0.15) is 38.7 Å². The van der Waals surface area contributed by atoms with Crippen LogP contribution in [0.5, 0.6) is 5.75 Å². The van der Waals surface area contributed by atoms with Crippen molar-refractivity contribution in [3.8, 4) is 5.75 Å². The molecule has 0 aliphatic carbocycles. The number of carbonyl (C=O) groups excluding carboxylic acids is 1. The number of halogens is 3. The minimum atomic E-state index is -4.40. The van der Waals surface area contributed by atoms with Gasteiger partial charge in [-0.1, -0.05) is 19.4 Å². The van der Waals surface area contributed by atoms with Gasteiger partial charge in [-0.15, -0.1) is 0 Å². The highest BCUT2D eigenvalue weighted by Gasteiger charge is 2.29. The van der Waals surface area contributed by atoms with Crippen molar-refractivity contribution in [1.29, 1.82) is 0 Å². The van der Waals surface area contributed by atoms with E-state index < -0.39 is 12.8 Å². The Morgan fingerprint density at radius 1 is 1.32 bits per heavy atom. The average Bonchev–Trinajstić information content (AvgIpc) is 2.68. The third kappa shape index (κ3) is 5.54. The number of amides is 2. The highest BCUT2D eigenvalue weighted by atomic mass is 19.4. The van der Waals surface area contributed by atoms with Crippen molar-refractivity contribution in [2.75, 3.05) is 18.5 Å². The fourth-order valence-corrected chi connectivity index (χ4v) is 3.06. The van der Waals surface area contributed by atoms with Gasteiger partial charge in [0.1, 0.15) is 5.75 Å². The van der Waals surface area contributed by atoms with Gasteiger partial charge in [0.15, 0.2) is 6.61 Å². The SMILES string of the molecule is Cc1c(NC(=O)N2C[C@H](C)CCC[C@@H]2C)cccc1OCC(F)(F)F. The Kier molecular flexibility index (Phi) is 6.19. The number of rotatable bonds is 3. The molecule has 0 aromatic heterocycles. The van der Waals surface area contributed by atoms with E-state index in [2.05, 4.69) is 12.2 Å². The molecule has 0 saturated carbocycles. The maximum atomic E-state index is 12.7. The Hall–Kier alpha value is -1.92. The zero-order valence-electron chi connectivity index (χ0n) is 14.8. The molecular formula is C18H25F3N2O2. The lowest BCUT2D eigenvalue weighted by Gasteiger charge is -2.29. The molecule has 1 saturated heterocycles. The van der Waals surface area contributed by atoms with Gasteiger partial charge in [-0.3, -0.25) is 0 Å². The van der Waals surface area contributed by atoms with E-state index in [0.29, 0.717) is 23.7 Å². The monoisotopic (exact) mass is 358 g/mol. The number of benzene rings is 1. The van der Waals surface area contributed by atoms with Gasteiger partial charge in [0.25, 0.3) is 0 Å². The van der Waals surface area contributed by atoms with Crippen molar-refractivity contribution >= 4 is 11.7 Å². The maximum absolute atomic E-state index is 12.7. The van der Waals surface area contributed by atoms with Crippen LogP contribution < -0.4 is 10.1 Å². The zero-order valence-corrected chi connectivity index (χ0v) is 14.8. The van der Waals surface area contributed by atoms with E-state index in [1.165, 1.54) is 6.07 Å². The molecule has 25 heavy (non-hydrogen) atoms. The largest absolute Gasteiger partial charge is 0.484 e. The molecule has 1 aliphatic rings. The number of hydrogen-bond donors (Lipinski definition) is 1. The molecule has 0 bridgehead atoms. The molecule has 2 atom stereocenters. The number of carbonyl (C=O) groups is 1. The Morgan fingerprint density at radius 3 is 2.72 bits per heavy atom. The predicted molar refractivity (Wildman–Crippen MR) is 90.9 cm³/mol. The molecule has 2 amide bonds. The highest BCUT2D eigenvalue weighted by Crippen LogP contribution is 2.28. The van der Waals surface area contributed by atoms with Gasteiger partial charge in [0.2, 0.25) is 0 Å². The predicted octanol–water partition coefficient (Wildman–Crippen LogP) is 4.98. The topological polar surface area (TPSA) is 41.6 Å². The van der Waals surface area contributed by atoms with Crippen LogP contribution in [0.15, 0.2) is 18.2 Å². The minimum Gasteiger partial charge on any atom is -0.484 e. The van der Waals surface area contributed by atoms with Crippen molar-refractivity contribution in [2.24, 2.45) is 5.92 Å². The summed E-state index contributed by atoms with van der Waals surface area (Å²) in [6.45, 7) is 5.10. The minimum absolute atomic E-state index is 0.118. The van der Waals surface area contributed by atoms with Crippen molar-refractivity contribution in [3.05, 3.63) is 23.8 Å². The first kappa shape index (κ1) is 19.4. The molecule has 0 unspecified atom stereocenters. The smallest absolute Gasteiger partial charge is 0.422 e. The Morgan fingerprint density at radius 2 is 2.04 bits per heavy atom. The van der Waals surface area contributed by atoms with Crippen molar-refractivity contribution in [1.82, 2.24) is 4.90 Å². The van der Waals surface area contributed by atoms with Gasteiger partial charge in [0, 0.05) is 23.8 Å². The normalized spacial score (nSPS) is 21.6. The molecule has 1 N–H and O–H groups in total. The standard InChI is InChI=1S/C18H25F3N2O2/c1-12-6-4-7-13(2)23(10-12)17(24)22-15-8-5-9-16(14(15)3)25-11-18(19,20)21/h5,8-9,12-13H,4,6-7,10-11H2,1-3H3,(H,22,24)/t12-,13+/m1/s1. The molecular weight excluding hydrogens is 333 g/mol. The van der Waals surface area contributed by atoms with E-state index in [4.69, 9.17) is 4.74 Å². The lowest BCUT2D eigenvalue weighted by Crippen LogP contribution is -2.42. The zero-order chi connectivity index (χ0) is 18.6. The number of anilines is 1. The van der Waals surface area contributed by atoms with Crippen LogP contribution in [0.2, 0.25) is 0 Å². The van der Waals surface area contributed by atoms with E-state index >= 15 is 0 Å². The molecule has 0 spiro atoms. The highest BCUT2D eigenvalue weighted by molar-refractivity contribution is 5.90. The Balaban J connectivity index is 2.09. The fourth-order valence-electron chi connectivity index (χ4n) is 3.06. The molecule has 0 radical (unpaired) electrons. The van der Waals surface area contributed by atoms with Crippen LogP contribution in [-0.2, 0) is 0 Å². The first-order valence-electron chi connectivity index (χ1n) is 8.54. The molecule has 1 heterocycles. The van der Waals surface area contributed by atoms with Crippen LogP contribution >= 0.6 is 0 Å². The second-order valence-corrected chi connectivity index (χ2v) is 6.80. The summed E-state index contributed by atoms with van der Waals surface area (Å²) in [5.41, 5.74) is 0.949. The van der Waals surface area contributed by atoms with Crippen LogP contribution in [0, 0.1) is 12.8 Å². The number of hydrogen-bond acceptors (Lipinski definition) is 2. The molecule has 7 heteroatoms. The summed E-state index contributed by atoms with van der Waals surface area (Å²) in [6.07, 6.45) is -1.27. The van der Waals surface area contributed by atoms with E-state index in [1.807, 2.05) is 6.92 Å². The van der Waals surface area contributed by atoms with Gasteiger partial charge in [-0.2, -0.15) is 13.2 Å². The summed E-state index contributed by atoms with van der Waals surface area (Å²) < 4.78 is 41.9. The second-order valence-electron chi connectivity index (χ2n) is 6.80. The number of likely N-dealkylation sites (tertiary alicyclic amines) is 1. The molecule has 1 aromatic carbocycles. The van der Waals surface area contributed by atoms with Gasteiger partial charge in [-0.25, -0.2) is 4.79 Å². The Bertz CT molecular complexity index is 604. The van der Waals surface area contributed by atoms with Crippen LogP contribution in [0.25, 0.3) is 0 Å². The average molecular weight is 358 g/mol. The summed E-state index contributed by atoms with van der Waals surface area (Å²) in [7, 11) is 0. The quantitative estimate of drug-likeness (QED) is 0.828. The fraction of sp³-hybridized carbons (Fsp3) is 0.611. The van der Waals surface area contributed by atoms with Gasteiger partial charge >= 0.3 is 12.2 Å². The lowest BCUT2D eigenvalue weighted by atomic mass is 10.1. The van der Waals surface area contributed by atoms with Gasteiger partial charge in [-0.05, 0) is 44.7 Å². The van der Waals surface area contributed by atoms with Crippen LogP contribution in [0.4, 0.5) is 23.7 Å². The molecule has 140 valence electrons. The van der Waals surface area contributed by atoms with E-state index in [9.17, 15) is 18.0 Å². The number of urea groups is 1. The summed E-state index contributed by atoms with van der Waals surface area (Å²) >= 11 is 0. The third-order valence-electron chi connectivity index (χ3n) is 4.54. The van der Waals surface area contributed by atoms with Crippen molar-refractivity contribution in [2.45, 2.75) is 52.3 Å². The number of nitrogens with one attached hydrogen (secondary N) is 1. The first-order valence-corrected chi connectivity index (χ1v) is 8.54. The number of alkyl halides is 3. The molecule has 1 fully saturated rings. The lowest BCUT2D eigenvalue weighted by molar-refractivity contribution is -0.153. The number of ether oxygens (including phenoxy) is 1. The van der Waals surface area contributed by atoms with Gasteiger partial charge < -0.3 is 15.0 Å². The first-order chi connectivity index (χ1) is 11.7. The second kappa shape index (κ2) is 7.97. The summed E-state index contributed by atoms with van der Waals surface area (Å²) in [4.78, 5) is 14.5. The molecule has 1 aromatic rings. The third-order valence-corrected chi connectivity index (χ3v) is 4.54. The number of nitrogens with zero attached hydrogens (tertiary/aromatic N) is 1. The summed E-state index contributed by atoms with van der Waals surface area (Å²) in [5, 5.41) is 2.82. The summed E-state index contributed by atoms with van der Waals surface area (Å²) in [6, 6.07) is 4.61. The Labute approximate surface area is 146 Å². The summed E-state index contributed by atoms with van der Waals surface area (Å²) in [5.74, 6) is 0.547. The van der Waals surface area contributed by atoms with Crippen LogP contribution in [-0.4, -0.2) is 36.3 Å². The molecule has 4 nitrogen and oxygen atoms in total. The van der Waals surface area contributed by atoms with E-state index in [0.717, 1.165) is 19.3 Å². The van der Waals surface area contributed by atoms with Gasteiger partial charge in [0.05, 0.1) is 0 Å². The van der Waals surface area contributed by atoms with E-state index in [1.54, 1.807) is 24.0 Å². The molecule has 1 aliphatic heterocycles.